The summed E-state index contributed by atoms with van der Waals surface area (Å²) in [5, 5.41) is 15.8. The number of alkyl halides is 3. The fraction of sp³-hybridized carbons (Fsp3) is 0.421. The van der Waals surface area contributed by atoms with Crippen LogP contribution in [0.5, 0.6) is 0 Å². The first-order valence-electron chi connectivity index (χ1n) is 8.67. The van der Waals surface area contributed by atoms with E-state index >= 15 is 0 Å². The lowest BCUT2D eigenvalue weighted by Crippen LogP contribution is -2.44. The summed E-state index contributed by atoms with van der Waals surface area (Å²) in [7, 11) is 0. The molecule has 0 fully saturated rings. The molecule has 0 spiro atoms. The molecule has 28 heavy (non-hydrogen) atoms. The number of nitrogens with zero attached hydrogens (tertiary/aromatic N) is 2. The van der Waals surface area contributed by atoms with E-state index in [2.05, 4.69) is 10.4 Å². The van der Waals surface area contributed by atoms with E-state index in [0.717, 1.165) is 10.2 Å². The average Bonchev–Trinajstić information content (AvgIpc) is 2.86. The topological polar surface area (TPSA) is 84.2 Å². The highest BCUT2D eigenvalue weighted by molar-refractivity contribution is 5.88. The molecular formula is C19H22F3N3O3. The quantitative estimate of drug-likeness (QED) is 0.752. The standard InChI is InChI=1S/C19H22F3N3O3/c1-11(16-12(2)24-25(13(16)3)10-19(20,21)22)17(26)23-15(18(27)28)9-14-7-5-4-6-8-14/h4-8,11,15H,9-10H2,1-3H3,(H,23,26)(H,27,28)/t11?,15-/m0/s1. The van der Waals surface area contributed by atoms with Crippen LogP contribution in [0.15, 0.2) is 30.3 Å². The van der Waals surface area contributed by atoms with Gasteiger partial charge in [-0.3, -0.25) is 9.48 Å². The Kier molecular flexibility index (Phi) is 6.48. The lowest BCUT2D eigenvalue weighted by molar-refractivity contribution is -0.143. The van der Waals surface area contributed by atoms with Crippen molar-refractivity contribution in [1.29, 1.82) is 0 Å². The fourth-order valence-corrected chi connectivity index (χ4v) is 3.14. The van der Waals surface area contributed by atoms with Crippen LogP contribution in [0.4, 0.5) is 13.2 Å². The van der Waals surface area contributed by atoms with Crippen LogP contribution in [-0.2, 0) is 22.6 Å². The summed E-state index contributed by atoms with van der Waals surface area (Å²) in [4.78, 5) is 24.2. The summed E-state index contributed by atoms with van der Waals surface area (Å²) >= 11 is 0. The van der Waals surface area contributed by atoms with Gasteiger partial charge >= 0.3 is 12.1 Å². The molecule has 1 unspecified atom stereocenters. The zero-order valence-electron chi connectivity index (χ0n) is 15.7. The normalized spacial score (nSPS) is 13.8. The van der Waals surface area contributed by atoms with Crippen LogP contribution in [0, 0.1) is 13.8 Å². The number of carbonyl (C=O) groups excluding carboxylic acids is 1. The number of benzene rings is 1. The van der Waals surface area contributed by atoms with Crippen LogP contribution in [0.3, 0.4) is 0 Å². The molecule has 9 heteroatoms. The summed E-state index contributed by atoms with van der Waals surface area (Å²) in [6.07, 6.45) is -4.34. The molecular weight excluding hydrogens is 375 g/mol. The summed E-state index contributed by atoms with van der Waals surface area (Å²) in [5.41, 5.74) is 1.64. The Morgan fingerprint density at radius 2 is 1.82 bits per heavy atom. The van der Waals surface area contributed by atoms with Gasteiger partial charge in [-0.2, -0.15) is 18.3 Å². The van der Waals surface area contributed by atoms with Crippen molar-refractivity contribution >= 4 is 11.9 Å². The molecule has 0 saturated heterocycles. The number of carbonyl (C=O) groups is 2. The number of hydrogen-bond acceptors (Lipinski definition) is 3. The molecule has 2 atom stereocenters. The van der Waals surface area contributed by atoms with Gasteiger partial charge < -0.3 is 10.4 Å². The molecule has 2 aromatic rings. The number of carboxylic acid groups (broad SMARTS) is 1. The smallest absolute Gasteiger partial charge is 0.408 e. The number of rotatable bonds is 7. The van der Waals surface area contributed by atoms with Gasteiger partial charge in [-0.25, -0.2) is 4.79 Å². The highest BCUT2D eigenvalue weighted by atomic mass is 19.4. The molecule has 2 rings (SSSR count). The largest absolute Gasteiger partial charge is 0.480 e. The monoisotopic (exact) mass is 397 g/mol. The minimum atomic E-state index is -4.43. The molecule has 0 aliphatic carbocycles. The van der Waals surface area contributed by atoms with E-state index in [-0.39, 0.29) is 12.1 Å². The van der Waals surface area contributed by atoms with Crippen molar-refractivity contribution in [3.63, 3.8) is 0 Å². The first kappa shape index (κ1) is 21.5. The van der Waals surface area contributed by atoms with E-state index in [4.69, 9.17) is 0 Å². The van der Waals surface area contributed by atoms with Gasteiger partial charge in [0.25, 0.3) is 0 Å². The first-order valence-corrected chi connectivity index (χ1v) is 8.67. The molecule has 0 aliphatic rings. The maximum absolute atomic E-state index is 12.7. The second-order valence-electron chi connectivity index (χ2n) is 6.67. The van der Waals surface area contributed by atoms with Crippen molar-refractivity contribution in [3.05, 3.63) is 52.8 Å². The number of hydrogen-bond donors (Lipinski definition) is 2. The predicted octanol–water partition coefficient (Wildman–Crippen LogP) is 2.98. The molecule has 2 N–H and O–H groups in total. The first-order chi connectivity index (χ1) is 13.0. The van der Waals surface area contributed by atoms with Crippen LogP contribution in [0.1, 0.15) is 35.4 Å². The van der Waals surface area contributed by atoms with Crippen LogP contribution >= 0.6 is 0 Å². The third kappa shape index (κ3) is 5.34. The molecule has 0 saturated carbocycles. The van der Waals surface area contributed by atoms with Crippen molar-refractivity contribution in [2.24, 2.45) is 0 Å². The van der Waals surface area contributed by atoms with E-state index in [1.165, 1.54) is 20.8 Å². The van der Waals surface area contributed by atoms with Gasteiger partial charge in [-0.1, -0.05) is 30.3 Å². The molecule has 0 aliphatic heterocycles. The highest BCUT2D eigenvalue weighted by Gasteiger charge is 2.32. The third-order valence-electron chi connectivity index (χ3n) is 4.49. The van der Waals surface area contributed by atoms with Crippen molar-refractivity contribution in [2.45, 2.75) is 51.9 Å². The van der Waals surface area contributed by atoms with Gasteiger partial charge in [0.05, 0.1) is 11.6 Å². The van der Waals surface area contributed by atoms with E-state index < -0.39 is 36.6 Å². The Bertz CT molecular complexity index is 847. The second kappa shape index (κ2) is 8.45. The lowest BCUT2D eigenvalue weighted by Gasteiger charge is -2.18. The predicted molar refractivity (Wildman–Crippen MR) is 95.9 cm³/mol. The number of halogens is 3. The van der Waals surface area contributed by atoms with Crippen molar-refractivity contribution in [3.8, 4) is 0 Å². The van der Waals surface area contributed by atoms with Crippen molar-refractivity contribution in [2.75, 3.05) is 0 Å². The van der Waals surface area contributed by atoms with Gasteiger partial charge in [0.2, 0.25) is 5.91 Å². The van der Waals surface area contributed by atoms with Gasteiger partial charge in [0, 0.05) is 17.7 Å². The summed E-state index contributed by atoms with van der Waals surface area (Å²) in [6, 6.07) is 7.68. The molecule has 0 radical (unpaired) electrons. The highest BCUT2D eigenvalue weighted by Crippen LogP contribution is 2.26. The van der Waals surface area contributed by atoms with Gasteiger partial charge in [0.1, 0.15) is 12.6 Å². The lowest BCUT2D eigenvalue weighted by atomic mass is 9.97. The number of carboxylic acids is 1. The maximum Gasteiger partial charge on any atom is 0.408 e. The number of aryl methyl sites for hydroxylation is 1. The third-order valence-corrected chi connectivity index (χ3v) is 4.49. The van der Waals surface area contributed by atoms with E-state index in [9.17, 15) is 27.9 Å². The molecule has 152 valence electrons. The Hall–Kier alpha value is -2.84. The Morgan fingerprint density at radius 1 is 1.21 bits per heavy atom. The number of amides is 1. The molecule has 1 aromatic heterocycles. The van der Waals surface area contributed by atoms with Gasteiger partial charge in [-0.15, -0.1) is 0 Å². The maximum atomic E-state index is 12.7. The summed E-state index contributed by atoms with van der Waals surface area (Å²) in [5.74, 6) is -2.62. The zero-order valence-corrected chi connectivity index (χ0v) is 15.7. The van der Waals surface area contributed by atoms with Crippen molar-refractivity contribution in [1.82, 2.24) is 15.1 Å². The van der Waals surface area contributed by atoms with E-state index in [1.54, 1.807) is 30.3 Å². The zero-order chi connectivity index (χ0) is 21.1. The average molecular weight is 397 g/mol. The van der Waals surface area contributed by atoms with E-state index in [0.29, 0.717) is 11.3 Å². The minimum Gasteiger partial charge on any atom is -0.480 e. The number of nitrogens with one attached hydrogen (secondary N) is 1. The molecule has 0 bridgehead atoms. The number of aliphatic carboxylic acids is 1. The SMILES string of the molecule is Cc1nn(CC(F)(F)F)c(C)c1C(C)C(=O)N[C@@H](Cc1ccccc1)C(=O)O. The van der Waals surface area contributed by atoms with Crippen LogP contribution in [0.25, 0.3) is 0 Å². The molecule has 6 nitrogen and oxygen atoms in total. The molecule has 1 heterocycles. The van der Waals surface area contributed by atoms with Crippen molar-refractivity contribution < 1.29 is 27.9 Å². The van der Waals surface area contributed by atoms with Crippen LogP contribution < -0.4 is 5.32 Å². The minimum absolute atomic E-state index is 0.0972. The van der Waals surface area contributed by atoms with Gasteiger partial charge in [-0.05, 0) is 26.3 Å². The Morgan fingerprint density at radius 3 is 2.36 bits per heavy atom. The van der Waals surface area contributed by atoms with Gasteiger partial charge in [0.15, 0.2) is 0 Å². The van der Waals surface area contributed by atoms with E-state index in [1.807, 2.05) is 0 Å². The van der Waals surface area contributed by atoms with Crippen LogP contribution in [-0.4, -0.2) is 39.0 Å². The molecule has 1 amide bonds. The Balaban J connectivity index is 2.18. The Labute approximate surface area is 160 Å². The summed E-state index contributed by atoms with van der Waals surface area (Å²) in [6.45, 7) is 3.26. The fourth-order valence-electron chi connectivity index (χ4n) is 3.14. The summed E-state index contributed by atoms with van der Waals surface area (Å²) < 4.78 is 38.9. The molecule has 1 aromatic carbocycles. The second-order valence-corrected chi connectivity index (χ2v) is 6.67. The van der Waals surface area contributed by atoms with Crippen LogP contribution in [0.2, 0.25) is 0 Å². The number of aromatic nitrogens is 2.